The highest BCUT2D eigenvalue weighted by molar-refractivity contribution is 5.88. The Morgan fingerprint density at radius 1 is 1.07 bits per heavy atom. The summed E-state index contributed by atoms with van der Waals surface area (Å²) in [7, 11) is 1.84. The van der Waals surface area contributed by atoms with Crippen LogP contribution in [0.2, 0.25) is 0 Å². The number of hydrogen-bond acceptors (Lipinski definition) is 7. The molecule has 8 heteroatoms. The van der Waals surface area contributed by atoms with Gasteiger partial charge in [-0.3, -0.25) is 10.3 Å². The molecule has 0 spiro atoms. The van der Waals surface area contributed by atoms with E-state index in [9.17, 15) is 4.39 Å². The lowest BCUT2D eigenvalue weighted by Crippen LogP contribution is -2.39. The number of nitrogens with zero attached hydrogens (tertiary/aromatic N) is 4. The fourth-order valence-corrected chi connectivity index (χ4v) is 3.18. The van der Waals surface area contributed by atoms with Gasteiger partial charge >= 0.3 is 0 Å². The van der Waals surface area contributed by atoms with Crippen LogP contribution in [-0.2, 0) is 11.4 Å². The lowest BCUT2D eigenvalue weighted by molar-refractivity contribution is -0.231. The van der Waals surface area contributed by atoms with Crippen LogP contribution in [0.4, 0.5) is 10.3 Å². The molecule has 0 radical (unpaired) electrons. The topological polar surface area (TPSA) is 65.5 Å². The number of nitrogens with one attached hydrogen (secondary N) is 2. The summed E-state index contributed by atoms with van der Waals surface area (Å²) in [6.45, 7) is 2.99. The summed E-state index contributed by atoms with van der Waals surface area (Å²) < 4.78 is 13.4. The summed E-state index contributed by atoms with van der Waals surface area (Å²) in [5.74, 6) is 0.219. The fraction of sp³-hybridized carbons (Fsp3) is 0.182. The van der Waals surface area contributed by atoms with Crippen molar-refractivity contribution < 1.29 is 9.23 Å². The molecule has 0 atom stereocenters. The van der Waals surface area contributed by atoms with Gasteiger partial charge in [0, 0.05) is 25.4 Å². The van der Waals surface area contributed by atoms with Crippen molar-refractivity contribution in [2.24, 2.45) is 0 Å². The van der Waals surface area contributed by atoms with E-state index < -0.39 is 0 Å². The number of anilines is 1. The van der Waals surface area contributed by atoms with Gasteiger partial charge in [-0.1, -0.05) is 30.3 Å². The van der Waals surface area contributed by atoms with Crippen LogP contribution in [-0.4, -0.2) is 33.9 Å². The summed E-state index contributed by atoms with van der Waals surface area (Å²) >= 11 is 0. The van der Waals surface area contributed by atoms with Crippen molar-refractivity contribution >= 4 is 17.3 Å². The van der Waals surface area contributed by atoms with Crippen molar-refractivity contribution in [3.05, 3.63) is 89.5 Å². The molecule has 2 heterocycles. The maximum atomic E-state index is 13.4. The van der Waals surface area contributed by atoms with Gasteiger partial charge in [-0.2, -0.15) is 5.17 Å². The van der Waals surface area contributed by atoms with Crippen molar-refractivity contribution in [1.29, 1.82) is 0 Å². The lowest BCUT2D eigenvalue weighted by Gasteiger charge is -2.25. The zero-order chi connectivity index (χ0) is 20.9. The summed E-state index contributed by atoms with van der Waals surface area (Å²) in [5, 5.41) is 6.62. The highest BCUT2D eigenvalue weighted by Crippen LogP contribution is 2.33. The lowest BCUT2D eigenvalue weighted by atomic mass is 10.1. The van der Waals surface area contributed by atoms with Gasteiger partial charge in [0.15, 0.2) is 0 Å². The minimum absolute atomic E-state index is 0.289. The average molecular weight is 406 g/mol. The Labute approximate surface area is 174 Å². The molecule has 0 aliphatic carbocycles. The second-order valence-electron chi connectivity index (χ2n) is 6.66. The molecule has 0 unspecified atom stereocenters. The van der Waals surface area contributed by atoms with Crippen molar-refractivity contribution in [2.75, 3.05) is 19.0 Å². The number of rotatable bonds is 7. The molecular weight excluding hydrogens is 383 g/mol. The highest BCUT2D eigenvalue weighted by atomic mass is 19.1. The van der Waals surface area contributed by atoms with Crippen LogP contribution in [0.1, 0.15) is 23.7 Å². The van der Waals surface area contributed by atoms with Crippen LogP contribution in [0.15, 0.2) is 66.9 Å². The van der Waals surface area contributed by atoms with E-state index >= 15 is 0 Å². The summed E-state index contributed by atoms with van der Waals surface area (Å²) in [5.41, 5.74) is 7.37. The van der Waals surface area contributed by atoms with Gasteiger partial charge in [0.05, 0.1) is 18.0 Å². The number of hydrazine groups is 2. The first-order chi connectivity index (χ1) is 14.7. The summed E-state index contributed by atoms with van der Waals surface area (Å²) in [4.78, 5) is 14.8. The van der Waals surface area contributed by atoms with E-state index in [-0.39, 0.29) is 5.82 Å². The van der Waals surface area contributed by atoms with Crippen LogP contribution < -0.4 is 10.7 Å². The van der Waals surface area contributed by atoms with E-state index in [2.05, 4.69) is 20.7 Å². The van der Waals surface area contributed by atoms with Gasteiger partial charge in [0.1, 0.15) is 11.5 Å². The van der Waals surface area contributed by atoms with Crippen LogP contribution in [0.5, 0.6) is 0 Å². The zero-order valence-corrected chi connectivity index (χ0v) is 16.8. The Kier molecular flexibility index (Phi) is 5.87. The Hall–Kier alpha value is -3.49. The van der Waals surface area contributed by atoms with Crippen molar-refractivity contribution in [2.45, 2.75) is 13.5 Å². The molecule has 1 aromatic heterocycles. The largest absolute Gasteiger partial charge is 0.350 e. The van der Waals surface area contributed by atoms with Gasteiger partial charge < -0.3 is 5.32 Å². The summed E-state index contributed by atoms with van der Waals surface area (Å²) in [6.07, 6.45) is 1.70. The second-order valence-corrected chi connectivity index (χ2v) is 6.66. The monoisotopic (exact) mass is 406 g/mol. The minimum atomic E-state index is -0.289. The van der Waals surface area contributed by atoms with Crippen molar-refractivity contribution in [1.82, 2.24) is 25.7 Å². The van der Waals surface area contributed by atoms with Gasteiger partial charge in [-0.25, -0.2) is 14.4 Å². The maximum absolute atomic E-state index is 13.4. The standard InChI is InChI=1S/C22H23FN6O/c1-3-30-29-21(20(27-28(29)2)17-9-11-18(23)12-10-17)19-13-14-24-22(26-19)25-15-16-7-5-4-6-8-16/h4-14,27H,3,15H2,1-2H3,(H,24,25,26). The molecule has 7 nitrogen and oxygen atoms in total. The number of halogens is 1. The van der Waals surface area contributed by atoms with E-state index in [0.29, 0.717) is 24.8 Å². The Bertz CT molecular complexity index is 1030. The molecule has 4 rings (SSSR count). The number of hydrogen-bond donors (Lipinski definition) is 2. The molecule has 1 aliphatic rings. The first-order valence-corrected chi connectivity index (χ1v) is 9.70. The minimum Gasteiger partial charge on any atom is -0.350 e. The molecule has 0 saturated carbocycles. The van der Waals surface area contributed by atoms with Crippen molar-refractivity contribution in [3.8, 4) is 0 Å². The van der Waals surface area contributed by atoms with E-state index in [1.807, 2.05) is 50.4 Å². The average Bonchev–Trinajstić information content (AvgIpc) is 3.10. The predicted octanol–water partition coefficient (Wildman–Crippen LogP) is 3.67. The maximum Gasteiger partial charge on any atom is 0.223 e. The zero-order valence-electron chi connectivity index (χ0n) is 16.8. The summed E-state index contributed by atoms with van der Waals surface area (Å²) in [6, 6.07) is 18.2. The fourth-order valence-electron chi connectivity index (χ4n) is 3.18. The molecule has 0 saturated heterocycles. The van der Waals surface area contributed by atoms with E-state index in [4.69, 9.17) is 4.84 Å². The normalized spacial score (nSPS) is 14.2. The Morgan fingerprint density at radius 3 is 2.57 bits per heavy atom. The van der Waals surface area contributed by atoms with E-state index in [0.717, 1.165) is 22.5 Å². The molecule has 0 bridgehead atoms. The SMILES string of the molecule is CCON1C(c2ccnc(NCc3ccccc3)n2)=C(c2ccc(F)cc2)NN1C. The molecule has 0 amide bonds. The predicted molar refractivity (Wildman–Crippen MR) is 113 cm³/mol. The van der Waals surface area contributed by atoms with Crippen LogP contribution in [0, 0.1) is 5.82 Å². The van der Waals surface area contributed by atoms with Gasteiger partial charge in [0.25, 0.3) is 0 Å². The number of aromatic nitrogens is 2. The Balaban J connectivity index is 1.68. The molecule has 1 aliphatic heterocycles. The Morgan fingerprint density at radius 2 is 1.83 bits per heavy atom. The molecule has 154 valence electrons. The van der Waals surface area contributed by atoms with Gasteiger partial charge in [-0.15, -0.1) is 5.12 Å². The molecule has 0 fully saturated rings. The third-order valence-electron chi connectivity index (χ3n) is 4.55. The number of hydroxylamine groups is 1. The third kappa shape index (κ3) is 4.24. The molecule has 2 N–H and O–H groups in total. The number of benzene rings is 2. The van der Waals surface area contributed by atoms with Gasteiger partial charge in [-0.05, 0) is 42.8 Å². The van der Waals surface area contributed by atoms with Crippen LogP contribution in [0.25, 0.3) is 11.4 Å². The smallest absolute Gasteiger partial charge is 0.223 e. The third-order valence-corrected chi connectivity index (χ3v) is 4.55. The van der Waals surface area contributed by atoms with E-state index in [1.165, 1.54) is 12.1 Å². The molecule has 2 aromatic carbocycles. The van der Waals surface area contributed by atoms with E-state index in [1.54, 1.807) is 28.6 Å². The van der Waals surface area contributed by atoms with Crippen molar-refractivity contribution in [3.63, 3.8) is 0 Å². The molecule has 30 heavy (non-hydrogen) atoms. The van der Waals surface area contributed by atoms with Crippen LogP contribution >= 0.6 is 0 Å². The second kappa shape index (κ2) is 8.89. The van der Waals surface area contributed by atoms with Crippen LogP contribution in [0.3, 0.4) is 0 Å². The van der Waals surface area contributed by atoms with Gasteiger partial charge in [0.2, 0.25) is 5.95 Å². The molecular formula is C22H23FN6O. The highest BCUT2D eigenvalue weighted by Gasteiger charge is 2.31. The first-order valence-electron chi connectivity index (χ1n) is 9.70. The first kappa shape index (κ1) is 19.8. The quantitative estimate of drug-likeness (QED) is 0.621. The molecule has 3 aromatic rings.